The third-order valence-corrected chi connectivity index (χ3v) is 5.59. The first-order valence-electron chi connectivity index (χ1n) is 10.9. The van der Waals surface area contributed by atoms with Crippen LogP contribution in [0.2, 0.25) is 0 Å². The van der Waals surface area contributed by atoms with Gasteiger partial charge in [0.25, 0.3) is 5.92 Å². The van der Waals surface area contributed by atoms with Crippen LogP contribution in [0.1, 0.15) is 36.3 Å². The summed E-state index contributed by atoms with van der Waals surface area (Å²) in [5, 5.41) is 3.72. The molecule has 0 saturated heterocycles. The van der Waals surface area contributed by atoms with E-state index in [1.54, 1.807) is 32.0 Å². The largest absolute Gasteiger partial charge is 0.493 e. The van der Waals surface area contributed by atoms with Crippen molar-refractivity contribution < 1.29 is 36.2 Å². The summed E-state index contributed by atoms with van der Waals surface area (Å²) in [4.78, 5) is 8.84. The Bertz CT molecular complexity index is 1220. The van der Waals surface area contributed by atoms with Crippen LogP contribution in [0.25, 0.3) is 10.9 Å². The minimum Gasteiger partial charge on any atom is -0.493 e. The number of alkyl halides is 5. The van der Waals surface area contributed by atoms with E-state index in [0.717, 1.165) is 12.1 Å². The van der Waals surface area contributed by atoms with Gasteiger partial charge in [0, 0.05) is 23.9 Å². The van der Waals surface area contributed by atoms with Crippen LogP contribution < -0.4 is 14.8 Å². The van der Waals surface area contributed by atoms with Crippen LogP contribution in [0.5, 0.6) is 11.5 Å². The van der Waals surface area contributed by atoms with E-state index in [1.165, 1.54) is 13.2 Å². The predicted octanol–water partition coefficient (Wildman–Crippen LogP) is 5.94. The van der Waals surface area contributed by atoms with E-state index in [2.05, 4.69) is 15.3 Å². The molecule has 1 N–H and O–H groups in total. The molecule has 0 spiro atoms. The van der Waals surface area contributed by atoms with Gasteiger partial charge in [-0.2, -0.15) is 13.2 Å². The number of hydrogen-bond acceptors (Lipinski definition) is 6. The van der Waals surface area contributed by atoms with Gasteiger partial charge in [-0.1, -0.05) is 12.1 Å². The topological polar surface area (TPSA) is 65.5 Å². The van der Waals surface area contributed by atoms with E-state index in [9.17, 15) is 22.0 Å². The molecule has 0 aliphatic heterocycles. The number of benzene rings is 2. The number of anilines is 1. The molecule has 1 unspecified atom stereocenters. The van der Waals surface area contributed by atoms with Crippen molar-refractivity contribution in [2.24, 2.45) is 0 Å². The lowest BCUT2D eigenvalue weighted by atomic mass is 10.0. The van der Waals surface area contributed by atoms with E-state index < -0.39 is 29.8 Å². The summed E-state index contributed by atoms with van der Waals surface area (Å²) in [6, 6.07) is 7.85. The molecule has 1 aromatic heterocycles. The Morgan fingerprint density at radius 3 is 2.51 bits per heavy atom. The fourth-order valence-electron chi connectivity index (χ4n) is 3.62. The Morgan fingerprint density at radius 2 is 1.86 bits per heavy atom. The van der Waals surface area contributed by atoms with Crippen LogP contribution in [0.15, 0.2) is 36.4 Å². The first kappa shape index (κ1) is 24.9. The van der Waals surface area contributed by atoms with Crippen molar-refractivity contribution in [1.82, 2.24) is 9.97 Å². The SMILES string of the molecule is COc1cc2nc(C)nc(N[C@H](C)c3cccc(C(F)(F)F)c3)c2cc1OCCOC1CC1(F)F. The van der Waals surface area contributed by atoms with Gasteiger partial charge >= 0.3 is 6.18 Å². The molecule has 0 radical (unpaired) electrons. The molecular formula is C24H24F5N3O3. The normalized spacial score (nSPS) is 17.8. The molecule has 1 fully saturated rings. The van der Waals surface area contributed by atoms with Crippen LogP contribution >= 0.6 is 0 Å². The van der Waals surface area contributed by atoms with Gasteiger partial charge in [0.05, 0.1) is 24.8 Å². The van der Waals surface area contributed by atoms with Crippen molar-refractivity contribution >= 4 is 16.7 Å². The second kappa shape index (κ2) is 9.44. The first-order chi connectivity index (χ1) is 16.5. The standard InChI is InChI=1S/C24H24F5N3O3/c1-13(15-5-4-6-16(9-15)24(27,28)29)30-22-17-10-20(34-7-8-35-21-12-23(21,25)26)19(33-3)11-18(17)31-14(2)32-22/h4-6,9-11,13,21H,7-8,12H2,1-3H3,(H,30,31,32)/t13-,21?/m1/s1. The Hall–Kier alpha value is -3.21. The molecule has 1 aliphatic carbocycles. The molecule has 2 atom stereocenters. The first-order valence-corrected chi connectivity index (χ1v) is 10.9. The number of methoxy groups -OCH3 is 1. The van der Waals surface area contributed by atoms with E-state index >= 15 is 0 Å². The Morgan fingerprint density at radius 1 is 1.11 bits per heavy atom. The van der Waals surface area contributed by atoms with E-state index in [4.69, 9.17) is 14.2 Å². The maximum absolute atomic E-state index is 13.1. The number of nitrogens with one attached hydrogen (secondary N) is 1. The van der Waals surface area contributed by atoms with Gasteiger partial charge in [0.2, 0.25) is 0 Å². The number of aromatic nitrogens is 2. The molecule has 1 aliphatic rings. The minimum absolute atomic E-state index is 0.0184. The molecule has 1 heterocycles. The summed E-state index contributed by atoms with van der Waals surface area (Å²) >= 11 is 0. The van der Waals surface area contributed by atoms with Gasteiger partial charge < -0.3 is 19.5 Å². The number of fused-ring (bicyclic) bond motifs is 1. The second-order valence-corrected chi connectivity index (χ2v) is 8.30. The van der Waals surface area contributed by atoms with Crippen LogP contribution in [-0.4, -0.2) is 42.3 Å². The summed E-state index contributed by atoms with van der Waals surface area (Å²) in [6.45, 7) is 3.42. The molecule has 2 aromatic carbocycles. The summed E-state index contributed by atoms with van der Waals surface area (Å²) < 4.78 is 81.5. The Kier molecular flexibility index (Phi) is 6.72. The van der Waals surface area contributed by atoms with Crippen molar-refractivity contribution in [3.8, 4) is 11.5 Å². The molecule has 4 rings (SSSR count). The molecule has 0 amide bonds. The van der Waals surface area contributed by atoms with Crippen molar-refractivity contribution in [3.05, 3.63) is 53.3 Å². The minimum atomic E-state index is -4.45. The fourth-order valence-corrected chi connectivity index (χ4v) is 3.62. The zero-order chi connectivity index (χ0) is 25.4. The number of rotatable bonds is 9. The van der Waals surface area contributed by atoms with Crippen LogP contribution in [-0.2, 0) is 10.9 Å². The summed E-state index contributed by atoms with van der Waals surface area (Å²) in [5.41, 5.74) is 0.233. The van der Waals surface area contributed by atoms with Crippen molar-refractivity contribution in [3.63, 3.8) is 0 Å². The van der Waals surface area contributed by atoms with E-state index in [1.807, 2.05) is 0 Å². The molecule has 0 bridgehead atoms. The van der Waals surface area contributed by atoms with Crippen LogP contribution in [0.3, 0.4) is 0 Å². The van der Waals surface area contributed by atoms with Gasteiger partial charge in [0.1, 0.15) is 24.4 Å². The summed E-state index contributed by atoms with van der Waals surface area (Å²) in [7, 11) is 1.46. The smallest absolute Gasteiger partial charge is 0.416 e. The highest BCUT2D eigenvalue weighted by Crippen LogP contribution is 2.44. The number of aryl methyl sites for hydroxylation is 1. The molecule has 3 aromatic rings. The van der Waals surface area contributed by atoms with Gasteiger partial charge in [0.15, 0.2) is 11.5 Å². The highest BCUT2D eigenvalue weighted by molar-refractivity contribution is 5.92. The third kappa shape index (κ3) is 5.72. The lowest BCUT2D eigenvalue weighted by Gasteiger charge is -2.19. The molecule has 35 heavy (non-hydrogen) atoms. The monoisotopic (exact) mass is 497 g/mol. The average molecular weight is 497 g/mol. The number of ether oxygens (including phenoxy) is 3. The van der Waals surface area contributed by atoms with Crippen molar-refractivity contribution in [1.29, 1.82) is 0 Å². The highest BCUT2D eigenvalue weighted by Gasteiger charge is 2.58. The van der Waals surface area contributed by atoms with Gasteiger partial charge in [-0.05, 0) is 37.6 Å². The maximum Gasteiger partial charge on any atom is 0.416 e. The molecule has 188 valence electrons. The lowest BCUT2D eigenvalue weighted by molar-refractivity contribution is -0.137. The summed E-state index contributed by atoms with van der Waals surface area (Å²) in [6.07, 6.45) is -5.81. The number of halogens is 5. The highest BCUT2D eigenvalue weighted by atomic mass is 19.4. The Labute approximate surface area is 198 Å². The zero-order valence-electron chi connectivity index (χ0n) is 19.2. The van der Waals surface area contributed by atoms with Crippen LogP contribution in [0.4, 0.5) is 27.8 Å². The van der Waals surface area contributed by atoms with Crippen LogP contribution in [0, 0.1) is 6.92 Å². The van der Waals surface area contributed by atoms with Gasteiger partial charge in [-0.15, -0.1) is 0 Å². The van der Waals surface area contributed by atoms with Gasteiger partial charge in [-0.3, -0.25) is 0 Å². The van der Waals surface area contributed by atoms with E-state index in [-0.39, 0.29) is 19.6 Å². The van der Waals surface area contributed by atoms with Gasteiger partial charge in [-0.25, -0.2) is 18.7 Å². The quantitative estimate of drug-likeness (QED) is 0.292. The zero-order valence-corrected chi connectivity index (χ0v) is 19.2. The maximum atomic E-state index is 13.1. The van der Waals surface area contributed by atoms with Crippen molar-refractivity contribution in [2.75, 3.05) is 25.6 Å². The fraction of sp³-hybridized carbons (Fsp3) is 0.417. The summed E-state index contributed by atoms with van der Waals surface area (Å²) in [5.74, 6) is -1.21. The average Bonchev–Trinajstić information content (AvgIpc) is 3.41. The second-order valence-electron chi connectivity index (χ2n) is 8.30. The lowest BCUT2D eigenvalue weighted by Crippen LogP contribution is -2.13. The number of nitrogens with zero attached hydrogens (tertiary/aromatic N) is 2. The molecular weight excluding hydrogens is 473 g/mol. The third-order valence-electron chi connectivity index (χ3n) is 5.59. The molecule has 6 nitrogen and oxygen atoms in total. The Balaban J connectivity index is 1.57. The molecule has 1 saturated carbocycles. The number of hydrogen-bond donors (Lipinski definition) is 1. The predicted molar refractivity (Wildman–Crippen MR) is 119 cm³/mol. The molecule has 11 heteroatoms. The van der Waals surface area contributed by atoms with E-state index in [0.29, 0.717) is 39.6 Å². The van der Waals surface area contributed by atoms with Crippen molar-refractivity contribution in [2.45, 2.75) is 44.5 Å².